The molecule has 0 spiro atoms. The number of rotatable bonds is 6. The van der Waals surface area contributed by atoms with Crippen molar-refractivity contribution in [1.29, 1.82) is 0 Å². The number of aryl methyl sites for hydroxylation is 1. The third-order valence-electron chi connectivity index (χ3n) is 3.35. The van der Waals surface area contributed by atoms with E-state index in [9.17, 15) is 4.79 Å². The number of carbonyl (C=O) groups is 1. The molecule has 1 atom stereocenters. The van der Waals surface area contributed by atoms with Gasteiger partial charge in [-0.3, -0.25) is 4.79 Å². The van der Waals surface area contributed by atoms with E-state index < -0.39 is 0 Å². The number of amides is 1. The Morgan fingerprint density at radius 1 is 1.41 bits per heavy atom. The summed E-state index contributed by atoms with van der Waals surface area (Å²) >= 11 is 7.35. The predicted octanol–water partition coefficient (Wildman–Crippen LogP) is 3.48. The van der Waals surface area contributed by atoms with E-state index in [0.29, 0.717) is 28.2 Å². The van der Waals surface area contributed by atoms with Crippen LogP contribution in [-0.4, -0.2) is 33.7 Å². The Hall–Kier alpha value is -1.53. The Balaban J connectivity index is 1.84. The summed E-state index contributed by atoms with van der Waals surface area (Å²) in [5.41, 5.74) is 1.05. The summed E-state index contributed by atoms with van der Waals surface area (Å²) in [5.74, 6) is 2.12. The van der Waals surface area contributed by atoms with Gasteiger partial charge >= 0.3 is 0 Å². The van der Waals surface area contributed by atoms with E-state index in [1.165, 1.54) is 11.8 Å². The molecule has 1 aromatic carbocycles. The molecule has 0 radical (unpaired) electrons. The fourth-order valence-electron chi connectivity index (χ4n) is 1.91. The Morgan fingerprint density at radius 2 is 2.09 bits per heavy atom. The van der Waals surface area contributed by atoms with Crippen molar-refractivity contribution >= 4 is 29.3 Å². The number of nitrogens with zero attached hydrogens (tertiary/aromatic N) is 3. The van der Waals surface area contributed by atoms with Crippen LogP contribution >= 0.6 is 23.4 Å². The Morgan fingerprint density at radius 3 is 2.68 bits per heavy atom. The highest BCUT2D eigenvalue weighted by Gasteiger charge is 2.17. The highest BCUT2D eigenvalue weighted by molar-refractivity contribution is 7.99. The molecule has 1 heterocycles. The minimum atomic E-state index is -0.00369. The lowest BCUT2D eigenvalue weighted by atomic mass is 10.1. The van der Waals surface area contributed by atoms with Crippen molar-refractivity contribution < 1.29 is 9.32 Å². The molecule has 0 aliphatic heterocycles. The third kappa shape index (κ3) is 4.48. The molecule has 7 heteroatoms. The Kier molecular flexibility index (Phi) is 5.85. The maximum atomic E-state index is 12.2. The summed E-state index contributed by atoms with van der Waals surface area (Å²) in [4.78, 5) is 18.1. The number of aromatic nitrogens is 2. The minimum absolute atomic E-state index is 0.00369. The molecule has 118 valence electrons. The van der Waals surface area contributed by atoms with E-state index in [1.54, 1.807) is 18.9 Å². The molecular formula is C15H18ClN3O2S. The van der Waals surface area contributed by atoms with Crippen LogP contribution in [0.5, 0.6) is 0 Å². The normalized spacial score (nSPS) is 12.2. The van der Waals surface area contributed by atoms with Gasteiger partial charge < -0.3 is 9.42 Å². The number of carbonyl (C=O) groups excluding carboxylic acids is 1. The van der Waals surface area contributed by atoms with Gasteiger partial charge in [-0.05, 0) is 31.5 Å². The van der Waals surface area contributed by atoms with Gasteiger partial charge in [0.25, 0.3) is 0 Å². The van der Waals surface area contributed by atoms with Crippen molar-refractivity contribution in [3.05, 3.63) is 46.6 Å². The van der Waals surface area contributed by atoms with Gasteiger partial charge in [0.1, 0.15) is 0 Å². The summed E-state index contributed by atoms with van der Waals surface area (Å²) in [6, 6.07) is 7.53. The lowest BCUT2D eigenvalue weighted by molar-refractivity contribution is -0.128. The fourth-order valence-corrected chi connectivity index (χ4v) is 2.81. The maximum absolute atomic E-state index is 12.2. The number of hydrogen-bond acceptors (Lipinski definition) is 5. The molecular weight excluding hydrogens is 322 g/mol. The largest absolute Gasteiger partial charge is 0.338 e. The average molecular weight is 340 g/mol. The van der Waals surface area contributed by atoms with Crippen LogP contribution in [0.15, 0.2) is 28.8 Å². The smallest absolute Gasteiger partial charge is 0.236 e. The molecule has 0 bridgehead atoms. The molecule has 2 rings (SSSR count). The van der Waals surface area contributed by atoms with Crippen molar-refractivity contribution in [2.45, 2.75) is 25.6 Å². The molecule has 0 saturated heterocycles. The summed E-state index contributed by atoms with van der Waals surface area (Å²) in [7, 11) is 1.80. The first kappa shape index (κ1) is 16.8. The maximum Gasteiger partial charge on any atom is 0.236 e. The zero-order valence-corrected chi connectivity index (χ0v) is 14.3. The van der Waals surface area contributed by atoms with Crippen molar-refractivity contribution in [2.75, 3.05) is 12.8 Å². The highest BCUT2D eigenvalue weighted by Crippen LogP contribution is 2.22. The summed E-state index contributed by atoms with van der Waals surface area (Å²) < 4.78 is 5.02. The quantitative estimate of drug-likeness (QED) is 0.806. The zero-order valence-electron chi connectivity index (χ0n) is 12.7. The van der Waals surface area contributed by atoms with E-state index in [0.717, 1.165) is 5.56 Å². The van der Waals surface area contributed by atoms with Crippen molar-refractivity contribution in [3.8, 4) is 0 Å². The number of halogens is 1. The second-order valence-electron chi connectivity index (χ2n) is 4.96. The Labute approximate surface area is 139 Å². The molecule has 0 unspecified atom stereocenters. The van der Waals surface area contributed by atoms with Gasteiger partial charge in [0.15, 0.2) is 5.82 Å². The van der Waals surface area contributed by atoms with Gasteiger partial charge in [-0.25, -0.2) is 0 Å². The standard InChI is InChI=1S/C15H18ClN3O2S/c1-10(12-4-6-13(16)7-5-12)19(3)15(20)9-22-8-14-17-11(2)18-21-14/h4-7,10H,8-9H2,1-3H3/t10-/m0/s1. The third-order valence-corrected chi connectivity index (χ3v) is 4.50. The molecule has 22 heavy (non-hydrogen) atoms. The van der Waals surface area contributed by atoms with Crippen LogP contribution < -0.4 is 0 Å². The van der Waals surface area contributed by atoms with Crippen LogP contribution in [0.4, 0.5) is 0 Å². The zero-order chi connectivity index (χ0) is 16.1. The highest BCUT2D eigenvalue weighted by atomic mass is 35.5. The van der Waals surface area contributed by atoms with E-state index in [4.69, 9.17) is 16.1 Å². The van der Waals surface area contributed by atoms with Crippen LogP contribution in [-0.2, 0) is 10.5 Å². The van der Waals surface area contributed by atoms with E-state index in [-0.39, 0.29) is 11.9 Å². The lowest BCUT2D eigenvalue weighted by Crippen LogP contribution is -2.31. The number of benzene rings is 1. The van der Waals surface area contributed by atoms with Crippen LogP contribution in [0.1, 0.15) is 30.2 Å². The molecule has 0 aliphatic carbocycles. The van der Waals surface area contributed by atoms with E-state index in [2.05, 4.69) is 10.1 Å². The average Bonchev–Trinajstić information content (AvgIpc) is 2.92. The first-order valence-corrected chi connectivity index (χ1v) is 8.38. The number of hydrogen-bond donors (Lipinski definition) is 0. The topological polar surface area (TPSA) is 59.2 Å². The van der Waals surface area contributed by atoms with Crippen LogP contribution in [0, 0.1) is 6.92 Å². The predicted molar refractivity (Wildman–Crippen MR) is 87.8 cm³/mol. The van der Waals surface area contributed by atoms with Crippen LogP contribution in [0.3, 0.4) is 0 Å². The van der Waals surface area contributed by atoms with Crippen LogP contribution in [0.2, 0.25) is 5.02 Å². The van der Waals surface area contributed by atoms with Crippen molar-refractivity contribution in [2.24, 2.45) is 0 Å². The monoisotopic (exact) mass is 339 g/mol. The second kappa shape index (κ2) is 7.65. The van der Waals surface area contributed by atoms with Gasteiger partial charge in [-0.15, -0.1) is 11.8 Å². The first-order valence-electron chi connectivity index (χ1n) is 6.85. The van der Waals surface area contributed by atoms with Gasteiger partial charge in [0.05, 0.1) is 17.5 Å². The van der Waals surface area contributed by atoms with Gasteiger partial charge in [-0.1, -0.05) is 28.9 Å². The Bertz CT molecular complexity index is 630. The molecule has 1 amide bonds. The summed E-state index contributed by atoms with van der Waals surface area (Å²) in [6.45, 7) is 3.76. The number of thioether (sulfide) groups is 1. The van der Waals surface area contributed by atoms with Gasteiger partial charge in [0, 0.05) is 12.1 Å². The lowest BCUT2D eigenvalue weighted by Gasteiger charge is -2.25. The fraction of sp³-hybridized carbons (Fsp3) is 0.400. The van der Waals surface area contributed by atoms with Gasteiger partial charge in [0.2, 0.25) is 11.8 Å². The van der Waals surface area contributed by atoms with E-state index >= 15 is 0 Å². The summed E-state index contributed by atoms with van der Waals surface area (Å²) in [5, 5.41) is 4.41. The molecule has 0 N–H and O–H groups in total. The van der Waals surface area contributed by atoms with Crippen molar-refractivity contribution in [3.63, 3.8) is 0 Å². The molecule has 0 fully saturated rings. The SMILES string of the molecule is Cc1noc(CSCC(=O)N(C)[C@@H](C)c2ccc(Cl)cc2)n1. The summed E-state index contributed by atoms with van der Waals surface area (Å²) in [6.07, 6.45) is 0. The molecule has 5 nitrogen and oxygen atoms in total. The molecule has 2 aromatic rings. The second-order valence-corrected chi connectivity index (χ2v) is 6.38. The molecule has 0 aliphatic rings. The van der Waals surface area contributed by atoms with Gasteiger partial charge in [-0.2, -0.15) is 4.98 Å². The first-order chi connectivity index (χ1) is 10.5. The molecule has 0 saturated carbocycles. The minimum Gasteiger partial charge on any atom is -0.338 e. The van der Waals surface area contributed by atoms with E-state index in [1.807, 2.05) is 31.2 Å². The van der Waals surface area contributed by atoms with Crippen LogP contribution in [0.25, 0.3) is 0 Å². The molecule has 1 aromatic heterocycles. The van der Waals surface area contributed by atoms with Crippen molar-refractivity contribution in [1.82, 2.24) is 15.0 Å².